The summed E-state index contributed by atoms with van der Waals surface area (Å²) in [4.78, 5) is 28.8. The Balaban J connectivity index is 1.54. The summed E-state index contributed by atoms with van der Waals surface area (Å²) in [5, 5.41) is 1.96. The second-order valence-corrected chi connectivity index (χ2v) is 9.99. The van der Waals surface area contributed by atoms with Gasteiger partial charge in [-0.05, 0) is 37.4 Å². The molecule has 34 heavy (non-hydrogen) atoms. The van der Waals surface area contributed by atoms with E-state index < -0.39 is 11.9 Å². The third-order valence-corrected chi connectivity index (χ3v) is 7.97. The Morgan fingerprint density at radius 1 is 0.794 bits per heavy atom. The Bertz CT molecular complexity index is 1570. The molecule has 0 N–H and O–H groups in total. The molecule has 0 unspecified atom stereocenters. The molecule has 0 amide bonds. The topological polar surface area (TPSA) is 56.5 Å². The third kappa shape index (κ3) is 2.60. The minimum absolute atomic E-state index is 0.381. The highest BCUT2D eigenvalue weighted by Gasteiger charge is 2.42. The maximum absolute atomic E-state index is 13.3. The van der Waals surface area contributed by atoms with Crippen LogP contribution in [-0.4, -0.2) is 46.1 Å². The van der Waals surface area contributed by atoms with E-state index in [1.54, 1.807) is 0 Å². The molecule has 1 saturated heterocycles. The van der Waals surface area contributed by atoms with Gasteiger partial charge in [0.1, 0.15) is 0 Å². The lowest BCUT2D eigenvalue weighted by atomic mass is 9.85. The van der Waals surface area contributed by atoms with Crippen LogP contribution in [0, 0.1) is 11.8 Å². The van der Waals surface area contributed by atoms with Crippen LogP contribution in [0.4, 0.5) is 0 Å². The van der Waals surface area contributed by atoms with Crippen molar-refractivity contribution < 1.29 is 14.3 Å². The van der Waals surface area contributed by atoms with E-state index in [-0.39, 0.29) is 0 Å². The molecule has 1 fully saturated rings. The molecule has 4 aromatic rings. The maximum Gasteiger partial charge on any atom is 0.347 e. The molecule has 0 aliphatic carbocycles. The van der Waals surface area contributed by atoms with E-state index in [0.717, 1.165) is 64.7 Å². The summed E-state index contributed by atoms with van der Waals surface area (Å²) in [6, 6.07) is 16.2. The average Bonchev–Trinajstić information content (AvgIpc) is 3.53. The van der Waals surface area contributed by atoms with Crippen LogP contribution in [-0.2, 0) is 34.3 Å². The summed E-state index contributed by atoms with van der Waals surface area (Å²) in [6.45, 7) is 3.09. The van der Waals surface area contributed by atoms with E-state index in [0.29, 0.717) is 23.0 Å². The quantitative estimate of drug-likeness (QED) is 0.343. The molecule has 3 aliphatic rings. The number of likely N-dealkylation sites (tertiary alicyclic amines) is 1. The number of benzene rings is 2. The summed E-state index contributed by atoms with van der Waals surface area (Å²) in [5.74, 6) is 0.0487. The van der Waals surface area contributed by atoms with Crippen LogP contribution in [0.15, 0.2) is 54.7 Å². The molecule has 2 aromatic carbocycles. The Hall–Kier alpha value is -3.64. The lowest BCUT2D eigenvalue weighted by Crippen LogP contribution is -2.28. The van der Waals surface area contributed by atoms with Gasteiger partial charge < -0.3 is 18.8 Å². The Labute approximate surface area is 197 Å². The van der Waals surface area contributed by atoms with Crippen LogP contribution >= 0.6 is 0 Å². The van der Waals surface area contributed by atoms with Crippen LogP contribution < -0.4 is 0 Å². The first-order valence-electron chi connectivity index (χ1n) is 11.9. The first-order chi connectivity index (χ1) is 16.5. The molecule has 7 rings (SSSR count). The lowest BCUT2D eigenvalue weighted by molar-refractivity contribution is -0.149. The number of fused-ring (bicyclic) bond motifs is 5. The Morgan fingerprint density at radius 3 is 2.29 bits per heavy atom. The van der Waals surface area contributed by atoms with Crippen molar-refractivity contribution in [1.29, 1.82) is 0 Å². The average molecular weight is 452 g/mol. The molecular formula is C28H25N3O3. The van der Waals surface area contributed by atoms with E-state index in [9.17, 15) is 9.59 Å². The summed E-state index contributed by atoms with van der Waals surface area (Å²) in [5.41, 5.74) is 5.71. The predicted octanol–water partition coefficient (Wildman–Crippen LogP) is 3.86. The van der Waals surface area contributed by atoms with Crippen molar-refractivity contribution in [3.8, 4) is 0 Å². The largest absolute Gasteiger partial charge is 0.386 e. The maximum atomic E-state index is 13.3. The smallest absolute Gasteiger partial charge is 0.347 e. The van der Waals surface area contributed by atoms with Gasteiger partial charge >= 0.3 is 11.9 Å². The van der Waals surface area contributed by atoms with Crippen LogP contribution in [0.3, 0.4) is 0 Å². The molecule has 170 valence electrons. The summed E-state index contributed by atoms with van der Waals surface area (Å²) < 4.78 is 9.67. The van der Waals surface area contributed by atoms with Gasteiger partial charge in [-0.1, -0.05) is 36.4 Å². The number of carbonyl (C=O) groups is 2. The molecular weight excluding hydrogens is 426 g/mol. The van der Waals surface area contributed by atoms with Crippen molar-refractivity contribution >= 4 is 44.9 Å². The second-order valence-electron chi connectivity index (χ2n) is 9.99. The number of para-hydroxylation sites is 2. The molecule has 0 saturated carbocycles. The zero-order valence-corrected chi connectivity index (χ0v) is 19.2. The fraction of sp³-hybridized carbons (Fsp3) is 0.286. The molecule has 2 aromatic heterocycles. The van der Waals surface area contributed by atoms with Crippen LogP contribution in [0.5, 0.6) is 0 Å². The standard InChI is InChI=1S/C28H25N3O3/c1-29-12-16-11-23-24(19-8-4-6-10-22(19)31(23)14-17(16)13-29)26-25(27(32)34-28(26)33)20-15-30(2)21-9-5-3-7-18(20)21/h3-10,15-17H,11-14H2,1-2H3/t16-,17-/m0/s1. The van der Waals surface area contributed by atoms with Crippen molar-refractivity contribution in [3.63, 3.8) is 0 Å². The Kier molecular flexibility index (Phi) is 4.04. The zero-order chi connectivity index (χ0) is 23.1. The minimum atomic E-state index is -0.560. The molecule has 0 spiro atoms. The van der Waals surface area contributed by atoms with E-state index in [1.807, 2.05) is 54.2 Å². The number of esters is 2. The third-order valence-electron chi connectivity index (χ3n) is 7.97. The highest BCUT2D eigenvalue weighted by atomic mass is 16.6. The van der Waals surface area contributed by atoms with Crippen molar-refractivity contribution in [3.05, 3.63) is 71.5 Å². The Morgan fingerprint density at radius 2 is 1.47 bits per heavy atom. The number of nitrogens with zero attached hydrogens (tertiary/aromatic N) is 3. The highest BCUT2D eigenvalue weighted by Crippen LogP contribution is 2.45. The number of ether oxygens (including phenoxy) is 1. The number of hydrogen-bond acceptors (Lipinski definition) is 4. The van der Waals surface area contributed by atoms with Gasteiger partial charge in [-0.25, -0.2) is 9.59 Å². The molecule has 2 atom stereocenters. The number of rotatable bonds is 2. The molecule has 0 radical (unpaired) electrons. The van der Waals surface area contributed by atoms with Crippen molar-refractivity contribution in [1.82, 2.24) is 14.0 Å². The van der Waals surface area contributed by atoms with Gasteiger partial charge in [-0.15, -0.1) is 0 Å². The number of aryl methyl sites for hydroxylation is 1. The van der Waals surface area contributed by atoms with Gasteiger partial charge in [-0.3, -0.25) is 0 Å². The second kappa shape index (κ2) is 6.93. The summed E-state index contributed by atoms with van der Waals surface area (Å²) in [6.07, 6.45) is 2.83. The van der Waals surface area contributed by atoms with Crippen molar-refractivity contribution in [2.45, 2.75) is 13.0 Å². The molecule has 6 nitrogen and oxygen atoms in total. The van der Waals surface area contributed by atoms with E-state index in [1.165, 1.54) is 0 Å². The van der Waals surface area contributed by atoms with Crippen LogP contribution in [0.1, 0.15) is 16.8 Å². The molecule has 0 bridgehead atoms. The SMILES string of the molecule is CN1C[C@@H]2Cc3c(C4=C(c5cn(C)c6ccccc56)C(=O)OC4=O)c4ccccc4n3C[C@@H]2C1. The summed E-state index contributed by atoms with van der Waals surface area (Å²) in [7, 11) is 4.14. The van der Waals surface area contributed by atoms with E-state index in [2.05, 4.69) is 28.6 Å². The van der Waals surface area contributed by atoms with Gasteiger partial charge in [0.25, 0.3) is 0 Å². The van der Waals surface area contributed by atoms with E-state index in [4.69, 9.17) is 4.74 Å². The number of carbonyl (C=O) groups excluding carboxylic acids is 2. The zero-order valence-electron chi connectivity index (χ0n) is 19.2. The van der Waals surface area contributed by atoms with Gasteiger partial charge in [0.2, 0.25) is 0 Å². The molecule has 3 aliphatic heterocycles. The molecule has 6 heteroatoms. The highest BCUT2D eigenvalue weighted by molar-refractivity contribution is 6.47. The number of aromatic nitrogens is 2. The van der Waals surface area contributed by atoms with Crippen molar-refractivity contribution in [2.24, 2.45) is 18.9 Å². The first kappa shape index (κ1) is 19.8. The van der Waals surface area contributed by atoms with Crippen LogP contribution in [0.2, 0.25) is 0 Å². The number of hydrogen-bond donors (Lipinski definition) is 0. The first-order valence-corrected chi connectivity index (χ1v) is 11.9. The minimum Gasteiger partial charge on any atom is -0.386 e. The van der Waals surface area contributed by atoms with E-state index >= 15 is 0 Å². The molecule has 5 heterocycles. The monoisotopic (exact) mass is 451 g/mol. The fourth-order valence-electron chi connectivity index (χ4n) is 6.55. The van der Waals surface area contributed by atoms with Gasteiger partial charge in [-0.2, -0.15) is 0 Å². The van der Waals surface area contributed by atoms with Crippen molar-refractivity contribution in [2.75, 3.05) is 20.1 Å². The number of cyclic esters (lactones) is 2. The fourth-order valence-corrected chi connectivity index (χ4v) is 6.55. The van der Waals surface area contributed by atoms with Gasteiger partial charge in [0.15, 0.2) is 0 Å². The predicted molar refractivity (Wildman–Crippen MR) is 131 cm³/mol. The normalized spacial score (nSPS) is 22.6. The lowest BCUT2D eigenvalue weighted by Gasteiger charge is -2.28. The van der Waals surface area contributed by atoms with Gasteiger partial charge in [0, 0.05) is 71.5 Å². The summed E-state index contributed by atoms with van der Waals surface area (Å²) >= 11 is 0. The van der Waals surface area contributed by atoms with Gasteiger partial charge in [0.05, 0.1) is 11.1 Å². The van der Waals surface area contributed by atoms with Crippen LogP contribution in [0.25, 0.3) is 33.0 Å².